The summed E-state index contributed by atoms with van der Waals surface area (Å²) >= 11 is 0. The maximum atomic E-state index is 12.5. The molecule has 5 heteroatoms. The van der Waals surface area contributed by atoms with Crippen LogP contribution in [0.5, 0.6) is 0 Å². The van der Waals surface area contributed by atoms with Gasteiger partial charge in [-0.25, -0.2) is 0 Å². The molecule has 1 aromatic rings. The summed E-state index contributed by atoms with van der Waals surface area (Å²) in [6.45, 7) is 5.93. The van der Waals surface area contributed by atoms with Crippen LogP contribution in [-0.4, -0.2) is 25.2 Å². The van der Waals surface area contributed by atoms with Crippen LogP contribution in [-0.2, 0) is 6.18 Å². The minimum atomic E-state index is -4.26. The fourth-order valence-corrected chi connectivity index (χ4v) is 2.46. The van der Waals surface area contributed by atoms with Gasteiger partial charge in [0, 0.05) is 30.9 Å². The number of halogens is 3. The van der Waals surface area contributed by atoms with Gasteiger partial charge in [-0.1, -0.05) is 13.8 Å². The Balaban J connectivity index is 2.00. The summed E-state index contributed by atoms with van der Waals surface area (Å²) in [6.07, 6.45) is -3.23. The molecule has 1 heterocycles. The molecule has 2 nitrogen and oxygen atoms in total. The van der Waals surface area contributed by atoms with Crippen molar-refractivity contribution in [1.82, 2.24) is 5.32 Å². The van der Waals surface area contributed by atoms with Crippen molar-refractivity contribution in [2.24, 2.45) is 0 Å². The van der Waals surface area contributed by atoms with E-state index in [1.165, 1.54) is 0 Å². The molecule has 0 aliphatic carbocycles. The summed E-state index contributed by atoms with van der Waals surface area (Å²) in [4.78, 5) is 2.13. The number of benzene rings is 1. The highest BCUT2D eigenvalue weighted by atomic mass is 19.4. The molecule has 1 N–H and O–H groups in total. The molecule has 0 amide bonds. The largest absolute Gasteiger partial charge is 0.416 e. The first-order valence-corrected chi connectivity index (χ1v) is 6.54. The molecular weight excluding hydrogens is 253 g/mol. The third-order valence-electron chi connectivity index (χ3n) is 3.32. The molecule has 1 aromatic carbocycles. The zero-order valence-corrected chi connectivity index (χ0v) is 11.2. The number of hydrogen-bond acceptors (Lipinski definition) is 2. The number of rotatable bonds is 3. The minimum absolute atomic E-state index is 0.419. The average molecular weight is 272 g/mol. The van der Waals surface area contributed by atoms with Gasteiger partial charge in [-0.2, -0.15) is 13.2 Å². The van der Waals surface area contributed by atoms with Crippen molar-refractivity contribution >= 4 is 5.69 Å². The van der Waals surface area contributed by atoms with E-state index in [-0.39, 0.29) is 0 Å². The standard InChI is InChI=1S/C14H19F3N2/c1-10(2)18-12-7-8-19(9-12)13-5-3-11(4-6-13)14(15,16)17/h3-6,10,12,18H,7-9H2,1-2H3. The number of anilines is 1. The van der Waals surface area contributed by atoms with Gasteiger partial charge in [-0.15, -0.1) is 0 Å². The zero-order chi connectivity index (χ0) is 14.0. The molecule has 0 radical (unpaired) electrons. The van der Waals surface area contributed by atoms with Crippen LogP contribution in [0.15, 0.2) is 24.3 Å². The Morgan fingerprint density at radius 2 is 1.84 bits per heavy atom. The van der Waals surface area contributed by atoms with Gasteiger partial charge in [0.2, 0.25) is 0 Å². The Morgan fingerprint density at radius 3 is 2.37 bits per heavy atom. The van der Waals surface area contributed by atoms with Gasteiger partial charge < -0.3 is 10.2 Å². The van der Waals surface area contributed by atoms with Crippen LogP contribution < -0.4 is 10.2 Å². The van der Waals surface area contributed by atoms with Crippen LogP contribution >= 0.6 is 0 Å². The van der Waals surface area contributed by atoms with Crippen LogP contribution in [0.2, 0.25) is 0 Å². The summed E-state index contributed by atoms with van der Waals surface area (Å²) in [5.41, 5.74) is 0.272. The van der Waals surface area contributed by atoms with E-state index < -0.39 is 11.7 Å². The predicted octanol–water partition coefficient (Wildman–Crippen LogP) is 3.28. The molecule has 0 bridgehead atoms. The van der Waals surface area contributed by atoms with E-state index in [0.29, 0.717) is 12.1 Å². The van der Waals surface area contributed by atoms with E-state index in [9.17, 15) is 13.2 Å². The molecule has 1 aliphatic rings. The predicted molar refractivity (Wildman–Crippen MR) is 70.3 cm³/mol. The number of alkyl halides is 3. The molecule has 2 rings (SSSR count). The second kappa shape index (κ2) is 5.41. The van der Waals surface area contributed by atoms with Crippen molar-refractivity contribution in [3.05, 3.63) is 29.8 Å². The fourth-order valence-electron chi connectivity index (χ4n) is 2.46. The Morgan fingerprint density at radius 1 is 1.21 bits per heavy atom. The second-order valence-electron chi connectivity index (χ2n) is 5.30. The number of nitrogens with zero attached hydrogens (tertiary/aromatic N) is 1. The van der Waals surface area contributed by atoms with Gasteiger partial charge in [-0.05, 0) is 30.7 Å². The summed E-state index contributed by atoms with van der Waals surface area (Å²) < 4.78 is 37.4. The zero-order valence-electron chi connectivity index (χ0n) is 11.2. The summed E-state index contributed by atoms with van der Waals surface area (Å²) in [6, 6.07) is 6.26. The maximum absolute atomic E-state index is 12.5. The van der Waals surface area contributed by atoms with Crippen molar-refractivity contribution in [3.8, 4) is 0 Å². The molecule has 19 heavy (non-hydrogen) atoms. The quantitative estimate of drug-likeness (QED) is 0.908. The van der Waals surface area contributed by atoms with Crippen molar-refractivity contribution in [1.29, 1.82) is 0 Å². The van der Waals surface area contributed by atoms with Gasteiger partial charge in [-0.3, -0.25) is 0 Å². The topological polar surface area (TPSA) is 15.3 Å². The highest BCUT2D eigenvalue weighted by molar-refractivity contribution is 5.49. The van der Waals surface area contributed by atoms with Gasteiger partial charge in [0.05, 0.1) is 5.56 Å². The van der Waals surface area contributed by atoms with Crippen molar-refractivity contribution in [3.63, 3.8) is 0 Å². The molecule has 0 spiro atoms. The van der Waals surface area contributed by atoms with Crippen LogP contribution in [0.4, 0.5) is 18.9 Å². The molecule has 1 atom stereocenters. The third kappa shape index (κ3) is 3.62. The fraction of sp³-hybridized carbons (Fsp3) is 0.571. The van der Waals surface area contributed by atoms with Crippen LogP contribution in [0.3, 0.4) is 0 Å². The summed E-state index contributed by atoms with van der Waals surface area (Å²) in [5, 5.41) is 3.46. The molecule has 106 valence electrons. The first-order chi connectivity index (χ1) is 8.86. The van der Waals surface area contributed by atoms with E-state index in [2.05, 4.69) is 24.1 Å². The summed E-state index contributed by atoms with van der Waals surface area (Å²) in [7, 11) is 0. The van der Waals surface area contributed by atoms with E-state index >= 15 is 0 Å². The van der Waals surface area contributed by atoms with Crippen molar-refractivity contribution < 1.29 is 13.2 Å². The highest BCUT2D eigenvalue weighted by Gasteiger charge is 2.30. The summed E-state index contributed by atoms with van der Waals surface area (Å²) in [5.74, 6) is 0. The smallest absolute Gasteiger partial charge is 0.370 e. The lowest BCUT2D eigenvalue weighted by Crippen LogP contribution is -2.37. The molecule has 1 fully saturated rings. The normalized spacial score (nSPS) is 20.3. The Hall–Kier alpha value is -1.23. The molecule has 0 aromatic heterocycles. The third-order valence-corrected chi connectivity index (χ3v) is 3.32. The van der Waals surface area contributed by atoms with Crippen molar-refractivity contribution in [2.75, 3.05) is 18.0 Å². The van der Waals surface area contributed by atoms with E-state index in [0.717, 1.165) is 37.3 Å². The van der Waals surface area contributed by atoms with Crippen LogP contribution in [0, 0.1) is 0 Å². The lowest BCUT2D eigenvalue weighted by Gasteiger charge is -2.20. The van der Waals surface area contributed by atoms with E-state index in [4.69, 9.17) is 0 Å². The Labute approximate surface area is 111 Å². The SMILES string of the molecule is CC(C)NC1CCN(c2ccc(C(F)(F)F)cc2)C1. The monoisotopic (exact) mass is 272 g/mol. The Bertz CT molecular complexity index is 412. The van der Waals surface area contributed by atoms with Gasteiger partial charge in [0.25, 0.3) is 0 Å². The molecule has 0 saturated carbocycles. The van der Waals surface area contributed by atoms with Gasteiger partial charge in [0.1, 0.15) is 0 Å². The first-order valence-electron chi connectivity index (χ1n) is 6.54. The second-order valence-corrected chi connectivity index (χ2v) is 5.30. The average Bonchev–Trinajstić information content (AvgIpc) is 2.75. The lowest BCUT2D eigenvalue weighted by atomic mass is 10.2. The first kappa shape index (κ1) is 14.2. The van der Waals surface area contributed by atoms with Gasteiger partial charge >= 0.3 is 6.18 Å². The van der Waals surface area contributed by atoms with E-state index in [1.807, 2.05) is 0 Å². The Kier molecular flexibility index (Phi) is 4.04. The molecule has 1 unspecified atom stereocenters. The molecule has 1 saturated heterocycles. The molecular formula is C14H19F3N2. The van der Waals surface area contributed by atoms with Crippen LogP contribution in [0.1, 0.15) is 25.8 Å². The van der Waals surface area contributed by atoms with Crippen molar-refractivity contribution in [2.45, 2.75) is 38.5 Å². The lowest BCUT2D eigenvalue weighted by molar-refractivity contribution is -0.137. The van der Waals surface area contributed by atoms with Gasteiger partial charge in [0.15, 0.2) is 0 Å². The number of hydrogen-bond donors (Lipinski definition) is 1. The minimum Gasteiger partial charge on any atom is -0.370 e. The molecule has 1 aliphatic heterocycles. The van der Waals surface area contributed by atoms with Crippen LogP contribution in [0.25, 0.3) is 0 Å². The van der Waals surface area contributed by atoms with E-state index in [1.54, 1.807) is 12.1 Å². The maximum Gasteiger partial charge on any atom is 0.416 e. The highest BCUT2D eigenvalue weighted by Crippen LogP contribution is 2.31. The number of nitrogens with one attached hydrogen (secondary N) is 1.